The van der Waals surface area contributed by atoms with Gasteiger partial charge in [-0.15, -0.1) is 5.10 Å². The van der Waals surface area contributed by atoms with Gasteiger partial charge in [0.1, 0.15) is 0 Å². The van der Waals surface area contributed by atoms with E-state index in [1.54, 1.807) is 6.92 Å². The van der Waals surface area contributed by atoms with Crippen molar-refractivity contribution in [1.29, 1.82) is 0 Å². The van der Waals surface area contributed by atoms with Gasteiger partial charge in [0.15, 0.2) is 5.69 Å². The molecule has 7 heteroatoms. The third-order valence-electron chi connectivity index (χ3n) is 3.45. The Morgan fingerprint density at radius 3 is 2.59 bits per heavy atom. The molecule has 116 valence electrons. The number of carbonyl (C=O) groups excluding carboxylic acids is 1. The molecule has 2 aromatic rings. The molecule has 22 heavy (non-hydrogen) atoms. The summed E-state index contributed by atoms with van der Waals surface area (Å²) in [6.45, 7) is 3.52. The van der Waals surface area contributed by atoms with E-state index in [0.717, 1.165) is 5.69 Å². The molecule has 1 atom stereocenters. The molecular weight excluding hydrogens is 284 g/mol. The summed E-state index contributed by atoms with van der Waals surface area (Å²) in [6.07, 6.45) is 1.71. The summed E-state index contributed by atoms with van der Waals surface area (Å²) in [4.78, 5) is 24.5. The van der Waals surface area contributed by atoms with Crippen LogP contribution in [0.4, 0.5) is 0 Å². The first-order valence-corrected chi connectivity index (χ1v) is 6.95. The fourth-order valence-corrected chi connectivity index (χ4v) is 1.98. The predicted molar refractivity (Wildman–Crippen MR) is 79.8 cm³/mol. The van der Waals surface area contributed by atoms with Gasteiger partial charge in [-0.05, 0) is 25.5 Å². The summed E-state index contributed by atoms with van der Waals surface area (Å²) in [5, 5.41) is 19.8. The van der Waals surface area contributed by atoms with Crippen molar-refractivity contribution in [2.24, 2.45) is 0 Å². The maximum absolute atomic E-state index is 12.2. The lowest BCUT2D eigenvalue weighted by Gasteiger charge is -2.27. The molecule has 0 saturated carbocycles. The molecule has 0 spiro atoms. The van der Waals surface area contributed by atoms with Gasteiger partial charge in [-0.25, -0.2) is 0 Å². The lowest BCUT2D eigenvalue weighted by molar-refractivity contribution is -0.138. The molecular formula is C15H18N4O3. The summed E-state index contributed by atoms with van der Waals surface area (Å²) in [6, 6.07) is 9.21. The van der Waals surface area contributed by atoms with Gasteiger partial charge >= 0.3 is 5.97 Å². The van der Waals surface area contributed by atoms with E-state index in [1.165, 1.54) is 11.0 Å². The fourth-order valence-electron chi connectivity index (χ4n) is 1.98. The third kappa shape index (κ3) is 3.69. The summed E-state index contributed by atoms with van der Waals surface area (Å²) in [5.74, 6) is -1.40. The van der Waals surface area contributed by atoms with Gasteiger partial charge in [0.25, 0.3) is 5.91 Å². The number of aliphatic carboxylic acids is 1. The Balaban J connectivity index is 2.14. The third-order valence-corrected chi connectivity index (χ3v) is 3.45. The molecule has 0 bridgehead atoms. The first-order chi connectivity index (χ1) is 10.4. The number of nitrogens with zero attached hydrogens (tertiary/aromatic N) is 3. The van der Waals surface area contributed by atoms with Gasteiger partial charge in [-0.2, -0.15) is 9.90 Å². The molecule has 0 saturated heterocycles. The van der Waals surface area contributed by atoms with Crippen LogP contribution in [0.3, 0.4) is 0 Å². The largest absolute Gasteiger partial charge is 0.481 e. The second-order valence-corrected chi connectivity index (χ2v) is 5.29. The molecule has 2 N–H and O–H groups in total. The van der Waals surface area contributed by atoms with Gasteiger partial charge in [0.05, 0.1) is 18.3 Å². The van der Waals surface area contributed by atoms with E-state index in [4.69, 9.17) is 5.11 Å². The highest BCUT2D eigenvalue weighted by atomic mass is 16.4. The van der Waals surface area contributed by atoms with Crippen LogP contribution < -0.4 is 5.32 Å². The van der Waals surface area contributed by atoms with Crippen LogP contribution in [0.1, 0.15) is 37.2 Å². The smallest absolute Gasteiger partial charge is 0.305 e. The highest BCUT2D eigenvalue weighted by molar-refractivity contribution is 5.92. The maximum Gasteiger partial charge on any atom is 0.305 e. The number of carboxylic acids is 1. The number of hydrogen-bond acceptors (Lipinski definition) is 4. The van der Waals surface area contributed by atoms with Crippen LogP contribution in [0.15, 0.2) is 36.5 Å². The molecule has 1 amide bonds. The van der Waals surface area contributed by atoms with Crippen molar-refractivity contribution in [2.45, 2.75) is 32.2 Å². The average molecular weight is 302 g/mol. The second kappa shape index (κ2) is 6.38. The fraction of sp³-hybridized carbons (Fsp3) is 0.333. The molecule has 1 aromatic heterocycles. The van der Waals surface area contributed by atoms with Crippen LogP contribution in [-0.4, -0.2) is 37.5 Å². The number of amides is 1. The van der Waals surface area contributed by atoms with E-state index in [0.29, 0.717) is 6.42 Å². The molecule has 1 aromatic carbocycles. The van der Waals surface area contributed by atoms with Crippen molar-refractivity contribution in [3.8, 4) is 5.69 Å². The number of benzene rings is 1. The Hall–Kier alpha value is -2.70. The van der Waals surface area contributed by atoms with Crippen LogP contribution in [0.5, 0.6) is 0 Å². The molecule has 0 radical (unpaired) electrons. The molecule has 0 fully saturated rings. The van der Waals surface area contributed by atoms with Crippen molar-refractivity contribution in [3.05, 3.63) is 42.2 Å². The highest BCUT2D eigenvalue weighted by Gasteiger charge is 2.28. The Morgan fingerprint density at radius 2 is 2.00 bits per heavy atom. The van der Waals surface area contributed by atoms with Crippen molar-refractivity contribution in [2.75, 3.05) is 0 Å². The van der Waals surface area contributed by atoms with Gasteiger partial charge in [0.2, 0.25) is 0 Å². The van der Waals surface area contributed by atoms with Crippen LogP contribution in [0.25, 0.3) is 5.69 Å². The molecule has 0 aliphatic heterocycles. The molecule has 0 aliphatic carbocycles. The average Bonchev–Trinajstić information content (AvgIpc) is 2.97. The Morgan fingerprint density at radius 1 is 1.32 bits per heavy atom. The van der Waals surface area contributed by atoms with Crippen LogP contribution in [0.2, 0.25) is 0 Å². The molecule has 0 aliphatic rings. The lowest BCUT2D eigenvalue weighted by Crippen LogP contribution is -2.47. The zero-order valence-electron chi connectivity index (χ0n) is 12.5. The normalized spacial score (nSPS) is 13.4. The molecule has 7 nitrogen and oxygen atoms in total. The summed E-state index contributed by atoms with van der Waals surface area (Å²) >= 11 is 0. The number of rotatable bonds is 6. The number of carboxylic acid groups (broad SMARTS) is 1. The van der Waals surface area contributed by atoms with E-state index in [-0.39, 0.29) is 12.1 Å². The SMILES string of the molecule is CC[C@@](C)(CC(=O)O)NC(=O)c1cnn(-c2ccccc2)n1. The summed E-state index contributed by atoms with van der Waals surface area (Å²) < 4.78 is 0. The van der Waals surface area contributed by atoms with Crippen molar-refractivity contribution in [1.82, 2.24) is 20.3 Å². The van der Waals surface area contributed by atoms with Crippen LogP contribution in [0, 0.1) is 0 Å². The standard InChI is InChI=1S/C15H18N4O3/c1-3-15(2,9-13(20)21)17-14(22)12-10-16-19(18-12)11-7-5-4-6-8-11/h4-8,10H,3,9H2,1-2H3,(H,17,22)(H,20,21)/t15-/m0/s1. The summed E-state index contributed by atoms with van der Waals surface area (Å²) in [5.41, 5.74) is 0.0682. The van der Waals surface area contributed by atoms with E-state index < -0.39 is 17.4 Å². The maximum atomic E-state index is 12.2. The minimum absolute atomic E-state index is 0.147. The highest BCUT2D eigenvalue weighted by Crippen LogP contribution is 2.15. The van der Waals surface area contributed by atoms with E-state index >= 15 is 0 Å². The number of nitrogens with one attached hydrogen (secondary N) is 1. The van der Waals surface area contributed by atoms with Crippen LogP contribution >= 0.6 is 0 Å². The van der Waals surface area contributed by atoms with Gasteiger partial charge < -0.3 is 10.4 Å². The Kier molecular flexibility index (Phi) is 4.55. The Labute approximate surface area is 128 Å². The zero-order valence-corrected chi connectivity index (χ0v) is 12.5. The van der Waals surface area contributed by atoms with Crippen LogP contribution in [-0.2, 0) is 4.79 Å². The quantitative estimate of drug-likeness (QED) is 0.845. The first-order valence-electron chi connectivity index (χ1n) is 6.95. The first kappa shape index (κ1) is 15.7. The number of aromatic nitrogens is 3. The number of carbonyl (C=O) groups is 2. The van der Waals surface area contributed by atoms with Gasteiger partial charge in [-0.3, -0.25) is 9.59 Å². The lowest BCUT2D eigenvalue weighted by atomic mass is 9.94. The zero-order chi connectivity index (χ0) is 16.2. The van der Waals surface area contributed by atoms with E-state index in [2.05, 4.69) is 15.5 Å². The van der Waals surface area contributed by atoms with E-state index in [9.17, 15) is 9.59 Å². The molecule has 2 rings (SSSR count). The predicted octanol–water partition coefficient (Wildman–Crippen LogP) is 1.64. The Bertz CT molecular complexity index is 668. The molecule has 0 unspecified atom stereocenters. The number of hydrogen-bond donors (Lipinski definition) is 2. The van der Waals surface area contributed by atoms with Gasteiger partial charge in [-0.1, -0.05) is 25.1 Å². The molecule has 1 heterocycles. The minimum atomic E-state index is -0.961. The van der Waals surface area contributed by atoms with Crippen molar-refractivity contribution >= 4 is 11.9 Å². The van der Waals surface area contributed by atoms with Crippen molar-refractivity contribution < 1.29 is 14.7 Å². The van der Waals surface area contributed by atoms with E-state index in [1.807, 2.05) is 37.3 Å². The van der Waals surface area contributed by atoms with Crippen molar-refractivity contribution in [3.63, 3.8) is 0 Å². The monoisotopic (exact) mass is 302 g/mol. The van der Waals surface area contributed by atoms with Gasteiger partial charge in [0, 0.05) is 5.54 Å². The minimum Gasteiger partial charge on any atom is -0.481 e. The number of para-hydroxylation sites is 1. The second-order valence-electron chi connectivity index (χ2n) is 5.29. The topological polar surface area (TPSA) is 97.1 Å². The summed E-state index contributed by atoms with van der Waals surface area (Å²) in [7, 11) is 0.